The molecule has 0 bridgehead atoms. The topological polar surface area (TPSA) is 339 Å². The fourth-order valence-electron chi connectivity index (χ4n) is 18.0. The molecule has 19 heterocycles. The van der Waals surface area contributed by atoms with Crippen LogP contribution in [0, 0.1) is 12.7 Å². The van der Waals surface area contributed by atoms with Crippen molar-refractivity contribution in [1.29, 1.82) is 0 Å². The number of imide groups is 3. The first-order valence-electron chi connectivity index (χ1n) is 40.9. The van der Waals surface area contributed by atoms with E-state index in [1.807, 2.05) is 202 Å². The van der Waals surface area contributed by atoms with Crippen LogP contribution in [0.25, 0.3) is 114 Å². The average Bonchev–Trinajstić information content (AvgIpc) is 1.61. The molecule has 7 N–H and O–H groups in total. The molecule has 6 fully saturated rings. The number of pyridine rings is 2. The van der Waals surface area contributed by atoms with Crippen molar-refractivity contribution in [1.82, 2.24) is 93.5 Å². The monoisotopic (exact) mass is 1720 g/mol. The zero-order valence-corrected chi connectivity index (χ0v) is 69.6. The summed E-state index contributed by atoms with van der Waals surface area (Å²) in [5, 5.41) is 30.2. The molecular formula is C93H79ClFN19O9S2. The van der Waals surface area contributed by atoms with Gasteiger partial charge in [-0.05, 0) is 144 Å². The minimum atomic E-state index is -0.401. The predicted octanol–water partition coefficient (Wildman–Crippen LogP) is 15.9. The number of hydrogen-bond acceptors (Lipinski definition) is 16. The zero-order valence-electron chi connectivity index (χ0n) is 67.2. The van der Waals surface area contributed by atoms with E-state index < -0.39 is 6.04 Å². The number of H-pyrrole nitrogens is 1. The number of rotatable bonds is 6. The molecule has 626 valence electrons. The van der Waals surface area contributed by atoms with Crippen LogP contribution in [0.3, 0.4) is 0 Å². The molecule has 32 heteroatoms. The third kappa shape index (κ3) is 14.8. The summed E-state index contributed by atoms with van der Waals surface area (Å²) in [4.78, 5) is 131. The zero-order chi connectivity index (χ0) is 86.2. The summed E-state index contributed by atoms with van der Waals surface area (Å²) in [6.07, 6.45) is 18.6. The van der Waals surface area contributed by atoms with Crippen LogP contribution in [-0.2, 0) is 43.2 Å². The third-order valence-electron chi connectivity index (χ3n) is 23.8. The lowest BCUT2D eigenvalue weighted by Crippen LogP contribution is -2.41. The molecule has 6 unspecified atom stereocenters. The van der Waals surface area contributed by atoms with Crippen molar-refractivity contribution in [3.05, 3.63) is 264 Å². The standard InChI is InChI=1S/C17H14FN3O.C17H15N3O2.C15H11ClN2O2S.2C15H14N4O.C14H11N3O2S/c1-10-7-8-14(17(22)20-10)21-13-6-2-5-12(18)15(13)11-4-3-9-19-16(11)21;1-10-8-9-20-13-5-3-2-4-11(13)15(16(20)18-10)12-6-7-14(21)19-17(12)22;16-9-7-21-15-13(9)8-3-1-2-4-10(8)18(15)11-5-6-12(19)17-14(11)20;1-9-2-3-12(15(20)17-9)19-7-5-11-8-10-4-6-16-13(10)18-14(11)19;1-10-6-7-13(14(20)16-10)19-9-8-18-12-5-3-2-4-11(12)17-15(18)19;18-11-6-5-9(13(19)16-11)12-8-3-1-2-4-10(8)17-14(12)20-7-15-17/h2-6,9,14H,1,7-8H2,(H,20,22);2-5,8-9,12H,6-7H2,1H3,(H,19,21,22);1-4,7,11H,5-6H2,(H,17,19,20);4-8,12H,1-3H2,(H,16,18)(H,17,20);2-5,8-9,13H,1,6-7H2,(H,16,20);1-4,7,9H,5-6H2,(H,16,18,19). The molecule has 13 aromatic heterocycles. The van der Waals surface area contributed by atoms with Gasteiger partial charge in [0.05, 0.1) is 50.0 Å². The van der Waals surface area contributed by atoms with Gasteiger partial charge in [0.25, 0.3) is 0 Å². The maximum absolute atomic E-state index is 14.3. The van der Waals surface area contributed by atoms with E-state index in [4.69, 9.17) is 11.6 Å². The lowest BCUT2D eigenvalue weighted by Gasteiger charge is -2.25. The molecule has 18 aromatic rings. The van der Waals surface area contributed by atoms with Crippen LogP contribution < -0.4 is 31.9 Å². The molecule has 0 saturated carbocycles. The van der Waals surface area contributed by atoms with E-state index in [0.29, 0.717) is 72.9 Å². The molecule has 125 heavy (non-hydrogen) atoms. The van der Waals surface area contributed by atoms with Crippen LogP contribution >= 0.6 is 34.3 Å². The highest BCUT2D eigenvalue weighted by atomic mass is 35.5. The minimum absolute atomic E-state index is 0.00728. The number of nitrogens with zero attached hydrogens (tertiary/aromatic N) is 12. The Morgan fingerprint density at radius 2 is 1.02 bits per heavy atom. The number of para-hydroxylation sites is 5. The number of imidazole rings is 2. The number of benzene rings is 5. The van der Waals surface area contributed by atoms with Gasteiger partial charge in [-0.1, -0.05) is 104 Å². The van der Waals surface area contributed by atoms with Gasteiger partial charge in [0.15, 0.2) is 0 Å². The summed E-state index contributed by atoms with van der Waals surface area (Å²) in [6.45, 7) is 13.4. The van der Waals surface area contributed by atoms with E-state index in [9.17, 15) is 47.5 Å². The maximum atomic E-state index is 14.3. The number of halogens is 2. The van der Waals surface area contributed by atoms with Crippen LogP contribution in [0.1, 0.15) is 130 Å². The third-order valence-corrected chi connectivity index (χ3v) is 26.0. The summed E-state index contributed by atoms with van der Waals surface area (Å²) in [5.41, 5.74) is 15.7. The van der Waals surface area contributed by atoms with Crippen molar-refractivity contribution >= 4 is 202 Å². The fraction of sp³-hybridized carbons (Fsp3) is 0.204. The maximum Gasteiger partial charge on any atom is 0.249 e. The number of aromatic amines is 1. The van der Waals surface area contributed by atoms with Crippen molar-refractivity contribution in [3.8, 4) is 0 Å². The number of piperidine rings is 6. The normalized spacial score (nSPS) is 19.4. The van der Waals surface area contributed by atoms with E-state index in [1.54, 1.807) is 23.8 Å². The smallest absolute Gasteiger partial charge is 0.249 e. The number of aryl methyl sites for hydroxylation is 1. The SMILES string of the molecule is C=C1CCC(n2c3cccc(F)c3c3cccnc32)C(=O)N1.C=C1CCC(n2ccc3cc4cc[nH]c4nc32)C(=O)N1.C=C1CCC(n2ccn3c4ccccc4nc23)C(=O)N1.Cc1ccn2c(n1)c(C1CCC(=O)NC1=O)c1ccccc12.O=C1CCC(c2c3ccccc3n3ncsc23)C(=O)N1.O=C1CCC(n2c3ccccc3c3c(Cl)csc32)C(=O)N1. The van der Waals surface area contributed by atoms with Crippen molar-refractivity contribution in [2.75, 3.05) is 0 Å². The van der Waals surface area contributed by atoms with Gasteiger partial charge in [0.1, 0.15) is 67.7 Å². The fourth-order valence-corrected chi connectivity index (χ4v) is 20.2. The second-order valence-electron chi connectivity index (χ2n) is 31.5. The first-order chi connectivity index (χ1) is 60.7. The van der Waals surface area contributed by atoms with Gasteiger partial charge in [0, 0.05) is 139 Å². The van der Waals surface area contributed by atoms with Gasteiger partial charge < -0.3 is 43.6 Å². The van der Waals surface area contributed by atoms with E-state index >= 15 is 0 Å². The Hall–Kier alpha value is -14.6. The number of hydrogen-bond donors (Lipinski definition) is 7. The lowest BCUT2D eigenvalue weighted by atomic mass is 9.90. The quantitative estimate of drug-likeness (QED) is 0.0761. The lowest BCUT2D eigenvalue weighted by molar-refractivity contribution is -0.136. The Bertz CT molecular complexity index is 7490. The first kappa shape index (κ1) is 80.2. The largest absolute Gasteiger partial charge is 0.346 e. The molecule has 6 atom stereocenters. The van der Waals surface area contributed by atoms with Crippen LogP contribution in [0.5, 0.6) is 0 Å². The van der Waals surface area contributed by atoms with E-state index in [0.717, 1.165) is 157 Å². The molecule has 6 aliphatic rings. The molecule has 0 spiro atoms. The minimum Gasteiger partial charge on any atom is -0.346 e. The number of thiophene rings is 1. The highest BCUT2D eigenvalue weighted by Crippen LogP contribution is 2.44. The molecule has 9 amide bonds. The Labute approximate surface area is 722 Å². The molecule has 6 aliphatic heterocycles. The van der Waals surface area contributed by atoms with Crippen LogP contribution in [0.4, 0.5) is 4.39 Å². The molecule has 24 rings (SSSR count). The highest BCUT2D eigenvalue weighted by molar-refractivity contribution is 7.17. The number of fused-ring (bicyclic) bond motifs is 17. The molecule has 0 aliphatic carbocycles. The number of nitrogens with one attached hydrogen (secondary N) is 7. The van der Waals surface area contributed by atoms with Gasteiger partial charge >= 0.3 is 0 Å². The van der Waals surface area contributed by atoms with Gasteiger partial charge in [-0.3, -0.25) is 63.5 Å². The number of carbonyl (C=O) groups is 9. The van der Waals surface area contributed by atoms with Gasteiger partial charge in [-0.15, -0.1) is 22.7 Å². The second-order valence-corrected chi connectivity index (χ2v) is 33.6. The van der Waals surface area contributed by atoms with Crippen molar-refractivity contribution in [2.45, 2.75) is 120 Å². The summed E-state index contributed by atoms with van der Waals surface area (Å²) in [6, 6.07) is 47.2. The number of allylic oxidation sites excluding steroid dienone is 3. The second kappa shape index (κ2) is 33.0. The van der Waals surface area contributed by atoms with Gasteiger partial charge in [-0.25, -0.2) is 28.8 Å². The Morgan fingerprint density at radius 1 is 0.448 bits per heavy atom. The molecule has 5 aromatic carbocycles. The van der Waals surface area contributed by atoms with Crippen molar-refractivity contribution in [2.24, 2.45) is 0 Å². The highest BCUT2D eigenvalue weighted by Gasteiger charge is 2.37. The van der Waals surface area contributed by atoms with Crippen molar-refractivity contribution in [3.63, 3.8) is 0 Å². The van der Waals surface area contributed by atoms with E-state index in [2.05, 4.69) is 87.7 Å². The van der Waals surface area contributed by atoms with Gasteiger partial charge in [-0.2, -0.15) is 5.10 Å². The van der Waals surface area contributed by atoms with Gasteiger partial charge in [0.2, 0.25) is 58.9 Å². The first-order valence-corrected chi connectivity index (χ1v) is 43.1. The molecular weight excluding hydrogens is 1650 g/mol. The molecule has 0 radical (unpaired) electrons. The van der Waals surface area contributed by atoms with E-state index in [-0.39, 0.29) is 88.9 Å². The molecule has 6 saturated heterocycles. The Balaban J connectivity index is 0.0000000982. The number of aromatic nitrogens is 13. The summed E-state index contributed by atoms with van der Waals surface area (Å²) >= 11 is 9.36. The summed E-state index contributed by atoms with van der Waals surface area (Å²) in [5.74, 6) is -1.48. The van der Waals surface area contributed by atoms with Crippen LogP contribution in [0.15, 0.2) is 237 Å². The predicted molar refractivity (Wildman–Crippen MR) is 478 cm³/mol. The van der Waals surface area contributed by atoms with Crippen LogP contribution in [0.2, 0.25) is 5.02 Å². The Morgan fingerprint density at radius 3 is 1.71 bits per heavy atom. The summed E-state index contributed by atoms with van der Waals surface area (Å²) in [7, 11) is 0. The number of carbonyl (C=O) groups excluding carboxylic acids is 9. The van der Waals surface area contributed by atoms with Crippen LogP contribution in [-0.4, -0.2) is 115 Å². The average molecular weight is 1730 g/mol. The molecule has 28 nitrogen and oxygen atoms in total. The van der Waals surface area contributed by atoms with E-state index in [1.165, 1.54) is 28.7 Å². The summed E-state index contributed by atoms with van der Waals surface area (Å²) < 4.78 is 28.0. The van der Waals surface area contributed by atoms with Crippen molar-refractivity contribution < 1.29 is 47.5 Å². The Kier molecular flexibility index (Phi) is 21.2. The number of amides is 9.